The van der Waals surface area contributed by atoms with Crippen molar-refractivity contribution < 1.29 is 18.7 Å². The lowest BCUT2D eigenvalue weighted by atomic mass is 10.1. The van der Waals surface area contributed by atoms with Crippen LogP contribution in [0.1, 0.15) is 18.2 Å². The van der Waals surface area contributed by atoms with Crippen LogP contribution in [0.5, 0.6) is 0 Å². The molecule has 2 amide bonds. The minimum absolute atomic E-state index is 0.00138. The number of morpholine rings is 1. The molecule has 160 valence electrons. The van der Waals surface area contributed by atoms with Gasteiger partial charge in [0.25, 0.3) is 0 Å². The topological polar surface area (TPSA) is 66.2 Å². The van der Waals surface area contributed by atoms with E-state index in [2.05, 4.69) is 4.90 Å². The lowest BCUT2D eigenvalue weighted by molar-refractivity contribution is -0.137. The van der Waals surface area contributed by atoms with Gasteiger partial charge in [0.05, 0.1) is 19.8 Å². The molecule has 7 nitrogen and oxygen atoms in total. The van der Waals surface area contributed by atoms with Crippen molar-refractivity contribution in [3.05, 3.63) is 41.7 Å². The molecule has 7 heteroatoms. The zero-order valence-corrected chi connectivity index (χ0v) is 17.5. The Morgan fingerprint density at radius 1 is 1.00 bits per heavy atom. The number of hydrogen-bond acceptors (Lipinski definition) is 5. The van der Waals surface area contributed by atoms with E-state index in [1.807, 2.05) is 47.1 Å². The summed E-state index contributed by atoms with van der Waals surface area (Å²) in [5.41, 5.74) is 1.83. The maximum Gasteiger partial charge on any atom is 0.246 e. The van der Waals surface area contributed by atoms with E-state index in [9.17, 15) is 9.59 Å². The molecule has 4 rings (SSSR count). The summed E-state index contributed by atoms with van der Waals surface area (Å²) in [4.78, 5) is 31.0. The number of carbonyl (C=O) groups excluding carboxylic acids is 2. The molecular formula is C23H29N3O4. The van der Waals surface area contributed by atoms with E-state index in [0.717, 1.165) is 28.7 Å². The monoisotopic (exact) mass is 411 g/mol. The molecule has 2 aliphatic rings. The first-order chi connectivity index (χ1) is 14.7. The van der Waals surface area contributed by atoms with E-state index in [-0.39, 0.29) is 11.8 Å². The Morgan fingerprint density at radius 3 is 2.47 bits per heavy atom. The Hall–Kier alpha value is -2.64. The third-order valence-corrected chi connectivity index (χ3v) is 5.83. The van der Waals surface area contributed by atoms with E-state index >= 15 is 0 Å². The largest absolute Gasteiger partial charge is 0.460 e. The van der Waals surface area contributed by atoms with Crippen LogP contribution in [-0.4, -0.2) is 85.5 Å². The Morgan fingerprint density at radius 2 is 1.73 bits per heavy atom. The molecule has 3 heterocycles. The molecule has 0 saturated carbocycles. The summed E-state index contributed by atoms with van der Waals surface area (Å²) in [7, 11) is 0. The first-order valence-electron chi connectivity index (χ1n) is 10.7. The first-order valence-corrected chi connectivity index (χ1v) is 10.7. The number of ether oxygens (including phenoxy) is 1. The van der Waals surface area contributed by atoms with Gasteiger partial charge in [0.1, 0.15) is 11.3 Å². The molecule has 0 radical (unpaired) electrons. The van der Waals surface area contributed by atoms with E-state index in [1.165, 1.54) is 0 Å². The molecule has 2 aliphatic heterocycles. The third kappa shape index (κ3) is 4.57. The molecule has 0 spiro atoms. The van der Waals surface area contributed by atoms with Crippen LogP contribution in [0.4, 0.5) is 0 Å². The highest BCUT2D eigenvalue weighted by Crippen LogP contribution is 2.27. The molecule has 1 aromatic carbocycles. The highest BCUT2D eigenvalue weighted by molar-refractivity contribution is 5.96. The number of hydrogen-bond donors (Lipinski definition) is 0. The lowest BCUT2D eigenvalue weighted by Gasteiger charge is -2.35. The van der Waals surface area contributed by atoms with Crippen molar-refractivity contribution in [2.75, 3.05) is 59.0 Å². The van der Waals surface area contributed by atoms with Crippen molar-refractivity contribution in [1.29, 1.82) is 0 Å². The SMILES string of the molecule is CCc1oc2ccccc2c1C=CC(=O)N1CCN(CC(=O)N2CCOCC2)CC1. The van der Waals surface area contributed by atoms with Gasteiger partial charge in [0.15, 0.2) is 0 Å². The summed E-state index contributed by atoms with van der Waals surface area (Å²) in [6.45, 7) is 7.73. The molecule has 0 N–H and O–H groups in total. The minimum atomic E-state index is 0.00138. The van der Waals surface area contributed by atoms with Gasteiger partial charge < -0.3 is 19.0 Å². The first kappa shape index (κ1) is 20.6. The smallest absolute Gasteiger partial charge is 0.246 e. The van der Waals surface area contributed by atoms with Crippen LogP contribution in [0.15, 0.2) is 34.8 Å². The average Bonchev–Trinajstić information content (AvgIpc) is 3.16. The second-order valence-electron chi connectivity index (χ2n) is 7.72. The Kier molecular flexibility index (Phi) is 6.50. The Balaban J connectivity index is 1.32. The van der Waals surface area contributed by atoms with Crippen molar-refractivity contribution in [2.45, 2.75) is 13.3 Å². The second-order valence-corrected chi connectivity index (χ2v) is 7.72. The number of nitrogens with zero attached hydrogens (tertiary/aromatic N) is 3. The van der Waals surface area contributed by atoms with E-state index in [0.29, 0.717) is 59.0 Å². The number of para-hydroxylation sites is 1. The Labute approximate surface area is 176 Å². The minimum Gasteiger partial charge on any atom is -0.460 e. The number of rotatable bonds is 5. The highest BCUT2D eigenvalue weighted by Gasteiger charge is 2.24. The lowest BCUT2D eigenvalue weighted by Crippen LogP contribution is -2.52. The van der Waals surface area contributed by atoms with E-state index < -0.39 is 0 Å². The average molecular weight is 412 g/mol. The molecule has 1 aromatic heterocycles. The molecule has 2 saturated heterocycles. The van der Waals surface area contributed by atoms with Crippen LogP contribution in [0.25, 0.3) is 17.0 Å². The number of carbonyl (C=O) groups is 2. The highest BCUT2D eigenvalue weighted by atomic mass is 16.5. The predicted molar refractivity (Wildman–Crippen MR) is 115 cm³/mol. The predicted octanol–water partition coefficient (Wildman–Crippen LogP) is 2.01. The summed E-state index contributed by atoms with van der Waals surface area (Å²) in [6, 6.07) is 7.90. The van der Waals surface area contributed by atoms with Crippen LogP contribution < -0.4 is 0 Å². The fraction of sp³-hybridized carbons (Fsp3) is 0.478. The summed E-state index contributed by atoms with van der Waals surface area (Å²) in [5, 5.41) is 1.03. The maximum atomic E-state index is 12.7. The van der Waals surface area contributed by atoms with Gasteiger partial charge in [-0.1, -0.05) is 25.1 Å². The van der Waals surface area contributed by atoms with Crippen LogP contribution in [0, 0.1) is 0 Å². The summed E-state index contributed by atoms with van der Waals surface area (Å²) in [6.07, 6.45) is 4.30. The fourth-order valence-corrected chi connectivity index (χ4v) is 4.05. The van der Waals surface area contributed by atoms with Crippen molar-refractivity contribution in [3.8, 4) is 0 Å². The zero-order valence-electron chi connectivity index (χ0n) is 17.5. The number of aryl methyl sites for hydroxylation is 1. The van der Waals surface area contributed by atoms with Crippen molar-refractivity contribution in [3.63, 3.8) is 0 Å². The van der Waals surface area contributed by atoms with Gasteiger partial charge in [-0.25, -0.2) is 0 Å². The van der Waals surface area contributed by atoms with Gasteiger partial charge in [-0.05, 0) is 12.1 Å². The van der Waals surface area contributed by atoms with E-state index in [4.69, 9.17) is 9.15 Å². The maximum absolute atomic E-state index is 12.7. The molecule has 0 aliphatic carbocycles. The van der Waals surface area contributed by atoms with Crippen molar-refractivity contribution in [2.24, 2.45) is 0 Å². The number of fused-ring (bicyclic) bond motifs is 1. The van der Waals surface area contributed by atoms with Crippen LogP contribution >= 0.6 is 0 Å². The van der Waals surface area contributed by atoms with Crippen LogP contribution in [-0.2, 0) is 20.7 Å². The Bertz CT molecular complexity index is 922. The zero-order chi connectivity index (χ0) is 20.9. The standard InChI is InChI=1S/C23H29N3O4/c1-2-20-19(18-5-3-4-6-21(18)30-20)7-8-22(27)25-11-9-24(10-12-25)17-23(28)26-13-15-29-16-14-26/h3-8H,2,9-17H2,1H3. The van der Waals surface area contributed by atoms with Crippen molar-refractivity contribution in [1.82, 2.24) is 14.7 Å². The fourth-order valence-electron chi connectivity index (χ4n) is 4.05. The van der Waals surface area contributed by atoms with Crippen LogP contribution in [0.3, 0.4) is 0 Å². The van der Waals surface area contributed by atoms with E-state index in [1.54, 1.807) is 6.08 Å². The number of piperazine rings is 1. The molecule has 0 unspecified atom stereocenters. The van der Waals surface area contributed by atoms with Crippen LogP contribution in [0.2, 0.25) is 0 Å². The number of benzene rings is 1. The second kappa shape index (κ2) is 9.45. The molecular weight excluding hydrogens is 382 g/mol. The molecule has 0 bridgehead atoms. The third-order valence-electron chi connectivity index (χ3n) is 5.83. The van der Waals surface area contributed by atoms with Gasteiger partial charge in [-0.3, -0.25) is 14.5 Å². The summed E-state index contributed by atoms with van der Waals surface area (Å²) >= 11 is 0. The van der Waals surface area contributed by atoms with Gasteiger partial charge in [0.2, 0.25) is 11.8 Å². The van der Waals surface area contributed by atoms with Gasteiger partial charge in [0, 0.05) is 62.7 Å². The number of amides is 2. The normalized spacial score (nSPS) is 18.4. The number of furan rings is 1. The molecule has 30 heavy (non-hydrogen) atoms. The molecule has 2 aromatic rings. The summed E-state index contributed by atoms with van der Waals surface area (Å²) < 4.78 is 11.2. The van der Waals surface area contributed by atoms with Gasteiger partial charge in [-0.2, -0.15) is 0 Å². The van der Waals surface area contributed by atoms with Gasteiger partial charge in [-0.15, -0.1) is 0 Å². The molecule has 2 fully saturated rings. The molecule has 0 atom stereocenters. The summed E-state index contributed by atoms with van der Waals surface area (Å²) in [5.74, 6) is 1.05. The van der Waals surface area contributed by atoms with Gasteiger partial charge >= 0.3 is 0 Å². The quantitative estimate of drug-likeness (QED) is 0.705. The van der Waals surface area contributed by atoms with Crippen molar-refractivity contribution >= 4 is 28.9 Å².